The number of aryl methyl sites for hydroxylation is 1. The number of nitrogens with zero attached hydrogens (tertiary/aromatic N) is 1. The van der Waals surface area contributed by atoms with Crippen molar-refractivity contribution in [1.29, 1.82) is 0 Å². The van der Waals surface area contributed by atoms with Gasteiger partial charge in [-0.25, -0.2) is 0 Å². The van der Waals surface area contributed by atoms with Crippen molar-refractivity contribution in [2.45, 2.75) is 20.3 Å². The number of likely N-dealkylation sites (tertiary alicyclic amines) is 1. The summed E-state index contributed by atoms with van der Waals surface area (Å²) in [5, 5.41) is 12.4. The molecule has 1 unspecified atom stereocenters. The molecule has 1 aliphatic rings. The van der Waals surface area contributed by atoms with E-state index in [4.69, 9.17) is 5.11 Å². The molecule has 19 heavy (non-hydrogen) atoms. The van der Waals surface area contributed by atoms with E-state index in [1.807, 2.05) is 30.0 Å². The molecule has 0 saturated carbocycles. The van der Waals surface area contributed by atoms with E-state index in [9.17, 15) is 4.79 Å². The molecule has 2 rings (SSSR count). The highest BCUT2D eigenvalue weighted by Crippen LogP contribution is 2.21. The van der Waals surface area contributed by atoms with Gasteiger partial charge >= 0.3 is 0 Å². The van der Waals surface area contributed by atoms with Crippen molar-refractivity contribution in [3.63, 3.8) is 0 Å². The summed E-state index contributed by atoms with van der Waals surface area (Å²) in [7, 11) is 0. The number of aliphatic hydroxyl groups excluding tert-OH is 1. The molecule has 2 N–H and O–H groups in total. The first-order valence-corrected chi connectivity index (χ1v) is 6.90. The minimum atomic E-state index is 0.0714. The molecule has 1 atom stereocenters. The van der Waals surface area contributed by atoms with Crippen LogP contribution in [0.1, 0.15) is 29.3 Å². The SMILES string of the molecule is CCNc1ccc(C(=O)N2CCC(CO)C2)cc1C. The van der Waals surface area contributed by atoms with Gasteiger partial charge in [-0.1, -0.05) is 0 Å². The van der Waals surface area contributed by atoms with E-state index in [2.05, 4.69) is 12.2 Å². The quantitative estimate of drug-likeness (QED) is 0.871. The van der Waals surface area contributed by atoms with Crippen molar-refractivity contribution >= 4 is 11.6 Å². The smallest absolute Gasteiger partial charge is 0.253 e. The van der Waals surface area contributed by atoms with Crippen LogP contribution in [0.2, 0.25) is 0 Å². The number of amides is 1. The van der Waals surface area contributed by atoms with Crippen LogP contribution < -0.4 is 5.32 Å². The van der Waals surface area contributed by atoms with E-state index >= 15 is 0 Å². The second kappa shape index (κ2) is 6.06. The normalized spacial score (nSPS) is 18.7. The maximum Gasteiger partial charge on any atom is 0.253 e. The zero-order valence-electron chi connectivity index (χ0n) is 11.6. The van der Waals surface area contributed by atoms with Gasteiger partial charge in [0.2, 0.25) is 0 Å². The number of carbonyl (C=O) groups is 1. The Hall–Kier alpha value is -1.55. The summed E-state index contributed by atoms with van der Waals surface area (Å²) in [6.45, 7) is 6.52. The summed E-state index contributed by atoms with van der Waals surface area (Å²) in [5.41, 5.74) is 2.90. The molecular weight excluding hydrogens is 240 g/mol. The molecule has 4 nitrogen and oxygen atoms in total. The van der Waals surface area contributed by atoms with Crippen LogP contribution >= 0.6 is 0 Å². The minimum absolute atomic E-state index is 0.0714. The first kappa shape index (κ1) is 13.9. The number of nitrogens with one attached hydrogen (secondary N) is 1. The Morgan fingerprint density at radius 3 is 2.89 bits per heavy atom. The third-order valence-electron chi connectivity index (χ3n) is 3.67. The molecule has 1 fully saturated rings. The van der Waals surface area contributed by atoms with E-state index in [-0.39, 0.29) is 18.4 Å². The molecule has 1 aliphatic heterocycles. The van der Waals surface area contributed by atoms with Gasteiger partial charge in [0.05, 0.1) is 0 Å². The number of aliphatic hydroxyl groups is 1. The van der Waals surface area contributed by atoms with Crippen molar-refractivity contribution in [2.75, 3.05) is 31.6 Å². The average molecular weight is 262 g/mol. The summed E-state index contributed by atoms with van der Waals surface area (Å²) >= 11 is 0. The Morgan fingerprint density at radius 2 is 2.32 bits per heavy atom. The topological polar surface area (TPSA) is 52.6 Å². The van der Waals surface area contributed by atoms with Crippen molar-refractivity contribution < 1.29 is 9.90 Å². The maximum atomic E-state index is 12.4. The van der Waals surface area contributed by atoms with Crippen LogP contribution in [0.15, 0.2) is 18.2 Å². The average Bonchev–Trinajstić information content (AvgIpc) is 2.89. The fourth-order valence-corrected chi connectivity index (χ4v) is 2.53. The highest BCUT2D eigenvalue weighted by Gasteiger charge is 2.26. The molecule has 1 heterocycles. The van der Waals surface area contributed by atoms with Crippen molar-refractivity contribution in [2.24, 2.45) is 5.92 Å². The van der Waals surface area contributed by atoms with Crippen molar-refractivity contribution in [3.05, 3.63) is 29.3 Å². The molecule has 0 bridgehead atoms. The molecule has 1 saturated heterocycles. The van der Waals surface area contributed by atoms with Crippen molar-refractivity contribution in [3.8, 4) is 0 Å². The molecular formula is C15H22N2O2. The molecule has 0 spiro atoms. The zero-order chi connectivity index (χ0) is 13.8. The number of carbonyl (C=O) groups excluding carboxylic acids is 1. The van der Waals surface area contributed by atoms with E-state index < -0.39 is 0 Å². The standard InChI is InChI=1S/C15H22N2O2/c1-3-16-14-5-4-13(8-11(14)2)15(19)17-7-6-12(9-17)10-18/h4-5,8,12,16,18H,3,6-7,9-10H2,1-2H3. The predicted molar refractivity (Wildman–Crippen MR) is 76.4 cm³/mol. The Balaban J connectivity index is 2.09. The molecule has 4 heteroatoms. The van der Waals surface area contributed by atoms with E-state index in [1.165, 1.54) is 0 Å². The van der Waals surface area contributed by atoms with Crippen LogP contribution in [0.25, 0.3) is 0 Å². The lowest BCUT2D eigenvalue weighted by atomic mass is 10.1. The Labute approximate surface area is 114 Å². The third kappa shape index (κ3) is 3.07. The second-order valence-electron chi connectivity index (χ2n) is 5.15. The number of anilines is 1. The van der Waals surface area contributed by atoms with E-state index in [1.54, 1.807) is 0 Å². The van der Waals surface area contributed by atoms with Crippen LogP contribution in [-0.2, 0) is 0 Å². The highest BCUT2D eigenvalue weighted by atomic mass is 16.3. The lowest BCUT2D eigenvalue weighted by Crippen LogP contribution is -2.29. The van der Waals surface area contributed by atoms with Crippen LogP contribution in [0.3, 0.4) is 0 Å². The lowest BCUT2D eigenvalue weighted by molar-refractivity contribution is 0.0782. The molecule has 0 aliphatic carbocycles. The molecule has 1 aromatic rings. The van der Waals surface area contributed by atoms with Crippen LogP contribution in [-0.4, -0.2) is 42.2 Å². The third-order valence-corrected chi connectivity index (χ3v) is 3.67. The fourth-order valence-electron chi connectivity index (χ4n) is 2.53. The number of benzene rings is 1. The molecule has 104 valence electrons. The molecule has 1 aromatic carbocycles. The van der Waals surface area contributed by atoms with Crippen LogP contribution in [0.5, 0.6) is 0 Å². The number of rotatable bonds is 4. The maximum absolute atomic E-state index is 12.4. The van der Waals surface area contributed by atoms with Gasteiger partial charge in [0.1, 0.15) is 0 Å². The van der Waals surface area contributed by atoms with Gasteiger partial charge in [0, 0.05) is 43.4 Å². The van der Waals surface area contributed by atoms with Gasteiger partial charge in [-0.05, 0) is 44.0 Å². The first-order valence-electron chi connectivity index (χ1n) is 6.90. The second-order valence-corrected chi connectivity index (χ2v) is 5.15. The summed E-state index contributed by atoms with van der Waals surface area (Å²) in [6.07, 6.45) is 0.899. The largest absolute Gasteiger partial charge is 0.396 e. The lowest BCUT2D eigenvalue weighted by Gasteiger charge is -2.17. The Kier molecular flexibility index (Phi) is 4.43. The van der Waals surface area contributed by atoms with E-state index in [0.717, 1.165) is 36.3 Å². The van der Waals surface area contributed by atoms with Gasteiger partial charge in [0.25, 0.3) is 5.91 Å². The Bertz CT molecular complexity index is 459. The summed E-state index contributed by atoms with van der Waals surface area (Å²) in [4.78, 5) is 14.2. The van der Waals surface area contributed by atoms with Gasteiger partial charge in [-0.2, -0.15) is 0 Å². The van der Waals surface area contributed by atoms with Gasteiger partial charge in [0.15, 0.2) is 0 Å². The van der Waals surface area contributed by atoms with Gasteiger partial charge in [-0.3, -0.25) is 4.79 Å². The fraction of sp³-hybridized carbons (Fsp3) is 0.533. The van der Waals surface area contributed by atoms with Gasteiger partial charge < -0.3 is 15.3 Å². The summed E-state index contributed by atoms with van der Waals surface area (Å²) in [6, 6.07) is 5.78. The molecule has 1 amide bonds. The monoisotopic (exact) mass is 262 g/mol. The first-order chi connectivity index (χ1) is 9.15. The molecule has 0 aromatic heterocycles. The highest BCUT2D eigenvalue weighted by molar-refractivity contribution is 5.95. The predicted octanol–water partition coefficient (Wildman–Crippen LogP) is 1.88. The molecule has 0 radical (unpaired) electrons. The summed E-state index contributed by atoms with van der Waals surface area (Å²) in [5.74, 6) is 0.313. The van der Waals surface area contributed by atoms with Crippen molar-refractivity contribution in [1.82, 2.24) is 4.90 Å². The van der Waals surface area contributed by atoms with E-state index in [0.29, 0.717) is 6.54 Å². The minimum Gasteiger partial charge on any atom is -0.396 e. The zero-order valence-corrected chi connectivity index (χ0v) is 11.6. The van der Waals surface area contributed by atoms with Crippen LogP contribution in [0, 0.1) is 12.8 Å². The number of hydrogen-bond acceptors (Lipinski definition) is 3. The Morgan fingerprint density at radius 1 is 1.53 bits per heavy atom. The number of hydrogen-bond donors (Lipinski definition) is 2. The van der Waals surface area contributed by atoms with Crippen LogP contribution in [0.4, 0.5) is 5.69 Å². The summed E-state index contributed by atoms with van der Waals surface area (Å²) < 4.78 is 0. The van der Waals surface area contributed by atoms with Gasteiger partial charge in [-0.15, -0.1) is 0 Å².